The number of benzene rings is 2. The zero-order chi connectivity index (χ0) is 19.3. The second-order valence-corrected chi connectivity index (χ2v) is 8.62. The first kappa shape index (κ1) is 20.8. The molecular formula is C21H25BrClNO2. The van der Waals surface area contributed by atoms with Crippen LogP contribution in [0.4, 0.5) is 5.69 Å². The lowest BCUT2D eigenvalue weighted by Crippen LogP contribution is -2.13. The van der Waals surface area contributed by atoms with Crippen molar-refractivity contribution < 1.29 is 9.53 Å². The Labute approximate surface area is 169 Å². The third-order valence-corrected chi connectivity index (χ3v) is 5.09. The van der Waals surface area contributed by atoms with Crippen LogP contribution in [0.25, 0.3) is 0 Å². The number of rotatable bonds is 6. The number of carbonyl (C=O) groups excluding carboxylic acids is 1. The molecule has 0 aliphatic rings. The van der Waals surface area contributed by atoms with Crippen molar-refractivity contribution in [2.24, 2.45) is 0 Å². The minimum Gasteiger partial charge on any atom is -0.492 e. The maximum absolute atomic E-state index is 12.0. The van der Waals surface area contributed by atoms with Crippen LogP contribution in [-0.4, -0.2) is 12.5 Å². The van der Waals surface area contributed by atoms with Crippen LogP contribution in [0.2, 0.25) is 5.02 Å². The molecule has 3 nitrogen and oxygen atoms in total. The number of nitrogens with one attached hydrogen (secondary N) is 1. The molecule has 26 heavy (non-hydrogen) atoms. The van der Waals surface area contributed by atoms with Gasteiger partial charge in [0.05, 0.1) is 11.1 Å². The molecule has 1 N–H and O–H groups in total. The summed E-state index contributed by atoms with van der Waals surface area (Å²) in [5.41, 5.74) is 3.04. The number of carbonyl (C=O) groups is 1. The summed E-state index contributed by atoms with van der Waals surface area (Å²) < 4.78 is 6.73. The Morgan fingerprint density at radius 1 is 1.19 bits per heavy atom. The molecule has 0 aliphatic heterocycles. The van der Waals surface area contributed by atoms with E-state index in [1.807, 2.05) is 25.1 Å². The molecule has 0 saturated carbocycles. The van der Waals surface area contributed by atoms with E-state index in [4.69, 9.17) is 16.3 Å². The summed E-state index contributed by atoms with van der Waals surface area (Å²) in [5, 5.41) is 3.50. The van der Waals surface area contributed by atoms with Gasteiger partial charge in [-0.1, -0.05) is 44.5 Å². The maximum Gasteiger partial charge on any atom is 0.224 e. The van der Waals surface area contributed by atoms with E-state index in [1.54, 1.807) is 6.07 Å². The third kappa shape index (κ3) is 6.03. The summed E-state index contributed by atoms with van der Waals surface area (Å²) in [6, 6.07) is 11.6. The molecule has 0 fully saturated rings. The van der Waals surface area contributed by atoms with Crippen LogP contribution in [0.5, 0.6) is 5.75 Å². The first-order valence-electron chi connectivity index (χ1n) is 8.65. The van der Waals surface area contributed by atoms with Crippen molar-refractivity contribution in [2.75, 3.05) is 11.9 Å². The topological polar surface area (TPSA) is 38.3 Å². The Morgan fingerprint density at radius 3 is 2.54 bits per heavy atom. The van der Waals surface area contributed by atoms with Crippen molar-refractivity contribution >= 4 is 39.1 Å². The minimum absolute atomic E-state index is 0.0457. The van der Waals surface area contributed by atoms with Gasteiger partial charge < -0.3 is 10.1 Å². The Kier molecular flexibility index (Phi) is 7.13. The van der Waals surface area contributed by atoms with E-state index in [-0.39, 0.29) is 11.3 Å². The fraction of sp³-hybridized carbons (Fsp3) is 0.381. The van der Waals surface area contributed by atoms with Gasteiger partial charge in [-0.3, -0.25) is 4.79 Å². The lowest BCUT2D eigenvalue weighted by molar-refractivity contribution is -0.116. The minimum atomic E-state index is -0.0457. The van der Waals surface area contributed by atoms with Crippen molar-refractivity contribution in [3.05, 3.63) is 57.0 Å². The molecule has 2 rings (SSSR count). The molecule has 5 heteroatoms. The number of amides is 1. The van der Waals surface area contributed by atoms with Gasteiger partial charge in [0.1, 0.15) is 5.75 Å². The normalized spacial score (nSPS) is 11.3. The molecule has 0 aromatic heterocycles. The predicted molar refractivity (Wildman–Crippen MR) is 112 cm³/mol. The molecule has 140 valence electrons. The molecular weight excluding hydrogens is 414 g/mol. The zero-order valence-corrected chi connectivity index (χ0v) is 18.0. The SMILES string of the molecule is Cc1ccc(NC(=O)CCCOc2ccc(C(C)(C)C)cc2Br)cc1Cl. The van der Waals surface area contributed by atoms with Gasteiger partial charge in [0.25, 0.3) is 0 Å². The summed E-state index contributed by atoms with van der Waals surface area (Å²) in [6.45, 7) is 8.94. The summed E-state index contributed by atoms with van der Waals surface area (Å²) >= 11 is 9.63. The van der Waals surface area contributed by atoms with Crippen LogP contribution in [0.1, 0.15) is 44.7 Å². The first-order chi connectivity index (χ1) is 12.2. The second-order valence-electron chi connectivity index (χ2n) is 7.36. The van der Waals surface area contributed by atoms with E-state index in [2.05, 4.69) is 54.2 Å². The van der Waals surface area contributed by atoms with E-state index >= 15 is 0 Å². The second kappa shape index (κ2) is 8.92. The lowest BCUT2D eigenvalue weighted by atomic mass is 9.87. The van der Waals surface area contributed by atoms with Gasteiger partial charge in [0, 0.05) is 17.1 Å². The number of halogens is 2. The molecule has 0 radical (unpaired) electrons. The smallest absolute Gasteiger partial charge is 0.224 e. The third-order valence-electron chi connectivity index (χ3n) is 4.06. The van der Waals surface area contributed by atoms with E-state index in [9.17, 15) is 4.79 Å². The number of anilines is 1. The Hall–Kier alpha value is -1.52. The molecule has 0 aliphatic carbocycles. The van der Waals surface area contributed by atoms with Crippen LogP contribution >= 0.6 is 27.5 Å². The molecule has 2 aromatic carbocycles. The van der Waals surface area contributed by atoms with Gasteiger partial charge in [0.15, 0.2) is 0 Å². The number of ether oxygens (including phenoxy) is 1. The van der Waals surface area contributed by atoms with Crippen molar-refractivity contribution in [3.63, 3.8) is 0 Å². The van der Waals surface area contributed by atoms with Gasteiger partial charge in [-0.25, -0.2) is 0 Å². The number of hydrogen-bond acceptors (Lipinski definition) is 2. The fourth-order valence-electron chi connectivity index (χ4n) is 2.39. The van der Waals surface area contributed by atoms with Crippen LogP contribution in [0.15, 0.2) is 40.9 Å². The molecule has 0 spiro atoms. The van der Waals surface area contributed by atoms with Crippen LogP contribution in [-0.2, 0) is 10.2 Å². The largest absolute Gasteiger partial charge is 0.492 e. The van der Waals surface area contributed by atoms with Gasteiger partial charge in [-0.05, 0) is 70.1 Å². The highest BCUT2D eigenvalue weighted by Gasteiger charge is 2.15. The summed E-state index contributed by atoms with van der Waals surface area (Å²) in [5.74, 6) is 0.749. The predicted octanol–water partition coefficient (Wildman–Crippen LogP) is 6.51. The Balaban J connectivity index is 1.79. The lowest BCUT2D eigenvalue weighted by Gasteiger charge is -2.20. The fourth-order valence-corrected chi connectivity index (χ4v) is 3.07. The highest BCUT2D eigenvalue weighted by Crippen LogP contribution is 2.31. The first-order valence-corrected chi connectivity index (χ1v) is 9.83. The Morgan fingerprint density at radius 2 is 1.92 bits per heavy atom. The molecule has 1 amide bonds. The monoisotopic (exact) mass is 437 g/mol. The van der Waals surface area contributed by atoms with E-state index < -0.39 is 0 Å². The van der Waals surface area contributed by atoms with Crippen molar-refractivity contribution in [1.82, 2.24) is 0 Å². The molecule has 0 saturated heterocycles. The average molecular weight is 439 g/mol. The van der Waals surface area contributed by atoms with Crippen LogP contribution < -0.4 is 10.1 Å². The number of hydrogen-bond donors (Lipinski definition) is 1. The summed E-state index contributed by atoms with van der Waals surface area (Å²) in [4.78, 5) is 12.0. The summed E-state index contributed by atoms with van der Waals surface area (Å²) in [7, 11) is 0. The number of aryl methyl sites for hydroxylation is 1. The quantitative estimate of drug-likeness (QED) is 0.522. The molecule has 0 atom stereocenters. The van der Waals surface area contributed by atoms with Gasteiger partial charge in [-0.15, -0.1) is 0 Å². The van der Waals surface area contributed by atoms with Gasteiger partial charge in [0.2, 0.25) is 5.91 Å². The molecule has 0 heterocycles. The van der Waals surface area contributed by atoms with E-state index in [1.165, 1.54) is 5.56 Å². The molecule has 0 bridgehead atoms. The maximum atomic E-state index is 12.0. The molecule has 0 unspecified atom stereocenters. The van der Waals surface area contributed by atoms with E-state index in [0.29, 0.717) is 30.2 Å². The zero-order valence-electron chi connectivity index (χ0n) is 15.7. The van der Waals surface area contributed by atoms with Crippen LogP contribution in [0, 0.1) is 6.92 Å². The van der Waals surface area contributed by atoms with Crippen molar-refractivity contribution in [3.8, 4) is 5.75 Å². The van der Waals surface area contributed by atoms with Crippen LogP contribution in [0.3, 0.4) is 0 Å². The van der Waals surface area contributed by atoms with Crippen molar-refractivity contribution in [1.29, 1.82) is 0 Å². The van der Waals surface area contributed by atoms with Crippen molar-refractivity contribution in [2.45, 2.75) is 46.0 Å². The van der Waals surface area contributed by atoms with E-state index in [0.717, 1.165) is 15.8 Å². The standard InChI is InChI=1S/C21H25BrClNO2/c1-14-7-9-16(13-18(14)23)24-20(25)6-5-11-26-19-10-8-15(12-17(19)22)21(2,3)4/h7-10,12-13H,5-6,11H2,1-4H3,(H,24,25). The Bertz CT molecular complexity index is 784. The van der Waals surface area contributed by atoms with Gasteiger partial charge in [-0.2, -0.15) is 0 Å². The molecule has 2 aromatic rings. The summed E-state index contributed by atoms with van der Waals surface area (Å²) in [6.07, 6.45) is 1.03. The highest BCUT2D eigenvalue weighted by atomic mass is 79.9. The van der Waals surface area contributed by atoms with Gasteiger partial charge >= 0.3 is 0 Å². The highest BCUT2D eigenvalue weighted by molar-refractivity contribution is 9.10. The average Bonchev–Trinajstić information content (AvgIpc) is 2.55.